The second-order valence-corrected chi connectivity index (χ2v) is 18.1. The van der Waals surface area contributed by atoms with Crippen LogP contribution in [0.1, 0.15) is 27.7 Å². The van der Waals surface area contributed by atoms with E-state index in [4.69, 9.17) is 9.31 Å². The summed E-state index contributed by atoms with van der Waals surface area (Å²) in [4.78, 5) is 0. The normalized spacial score (nSPS) is 17.0. The van der Waals surface area contributed by atoms with Crippen LogP contribution in [-0.2, 0) is 9.31 Å². The van der Waals surface area contributed by atoms with Gasteiger partial charge < -0.3 is 0 Å². The summed E-state index contributed by atoms with van der Waals surface area (Å²) in [5.74, 6) is 0. The molecule has 2 nitrogen and oxygen atoms in total. The zero-order chi connectivity index (χ0) is 23.8. The Kier molecular flexibility index (Phi) is 6.05. The second kappa shape index (κ2) is 8.88. The molecule has 0 atom stereocenters. The number of rotatable bonds is 5. The molecule has 0 saturated carbocycles. The van der Waals surface area contributed by atoms with Crippen molar-refractivity contribution in [3.05, 3.63) is 115 Å². The molecular formula is C30H31BGeO2. The van der Waals surface area contributed by atoms with E-state index in [2.05, 4.69) is 143 Å². The Labute approximate surface area is 206 Å². The van der Waals surface area contributed by atoms with E-state index >= 15 is 0 Å². The third-order valence-corrected chi connectivity index (χ3v) is 17.6. The molecule has 1 fully saturated rings. The maximum atomic E-state index is 6.32. The third-order valence-electron chi connectivity index (χ3n) is 7.49. The Morgan fingerprint density at radius 3 is 1.15 bits per heavy atom. The fourth-order valence-electron chi connectivity index (χ4n) is 4.93. The van der Waals surface area contributed by atoms with Crippen molar-refractivity contribution in [2.45, 2.75) is 38.9 Å². The molecule has 1 heterocycles. The van der Waals surface area contributed by atoms with Gasteiger partial charge in [0.05, 0.1) is 0 Å². The molecule has 0 radical (unpaired) electrons. The third kappa shape index (κ3) is 3.86. The second-order valence-electron chi connectivity index (χ2n) is 10.1. The van der Waals surface area contributed by atoms with E-state index < -0.39 is 13.3 Å². The van der Waals surface area contributed by atoms with Gasteiger partial charge >= 0.3 is 207 Å². The molecule has 0 amide bonds. The van der Waals surface area contributed by atoms with Crippen LogP contribution in [0.2, 0.25) is 0 Å². The average Bonchev–Trinajstić information content (AvgIpc) is 3.09. The molecule has 34 heavy (non-hydrogen) atoms. The Morgan fingerprint density at radius 2 is 0.794 bits per heavy atom. The minimum atomic E-state index is -3.22. The first-order valence-corrected chi connectivity index (χ1v) is 16.2. The first kappa shape index (κ1) is 23.2. The van der Waals surface area contributed by atoms with Crippen LogP contribution in [-0.4, -0.2) is 31.6 Å². The van der Waals surface area contributed by atoms with E-state index in [1.165, 1.54) is 17.6 Å². The minimum absolute atomic E-state index is 0.351. The van der Waals surface area contributed by atoms with Gasteiger partial charge in [-0.2, -0.15) is 0 Å². The summed E-state index contributed by atoms with van der Waals surface area (Å²) < 4.78 is 18.3. The molecule has 0 aliphatic carbocycles. The number of benzene rings is 4. The Hall–Kier alpha value is -2.59. The fraction of sp³-hybridized carbons (Fsp3) is 0.200. The van der Waals surface area contributed by atoms with Crippen LogP contribution in [0.3, 0.4) is 0 Å². The Bertz CT molecular complexity index is 1130. The maximum absolute atomic E-state index is 6.32. The van der Waals surface area contributed by atoms with Crippen molar-refractivity contribution in [2.75, 3.05) is 0 Å². The summed E-state index contributed by atoms with van der Waals surface area (Å²) in [6, 6.07) is 42.2. The van der Waals surface area contributed by atoms with E-state index in [-0.39, 0.29) is 18.3 Å². The molecule has 0 spiro atoms. The predicted octanol–water partition coefficient (Wildman–Crippen LogP) is 3.36. The molecule has 0 N–H and O–H groups in total. The van der Waals surface area contributed by atoms with Crippen LogP contribution in [0.15, 0.2) is 115 Å². The van der Waals surface area contributed by atoms with Crippen molar-refractivity contribution in [3.63, 3.8) is 0 Å². The van der Waals surface area contributed by atoms with E-state index in [0.29, 0.717) is 0 Å². The summed E-state index contributed by atoms with van der Waals surface area (Å²) in [5, 5.41) is 0. The van der Waals surface area contributed by atoms with Crippen LogP contribution >= 0.6 is 0 Å². The molecule has 0 aromatic heterocycles. The topological polar surface area (TPSA) is 18.5 Å². The van der Waals surface area contributed by atoms with Crippen LogP contribution in [0.25, 0.3) is 0 Å². The van der Waals surface area contributed by atoms with Gasteiger partial charge in [0.15, 0.2) is 0 Å². The predicted molar refractivity (Wildman–Crippen MR) is 146 cm³/mol. The molecule has 1 saturated heterocycles. The van der Waals surface area contributed by atoms with Gasteiger partial charge in [-0.3, -0.25) is 0 Å². The molecule has 4 aromatic rings. The van der Waals surface area contributed by atoms with Crippen molar-refractivity contribution in [2.24, 2.45) is 0 Å². The van der Waals surface area contributed by atoms with Crippen molar-refractivity contribution in [1.29, 1.82) is 0 Å². The van der Waals surface area contributed by atoms with Gasteiger partial charge in [0.2, 0.25) is 0 Å². The number of hydrogen-bond donors (Lipinski definition) is 0. The first-order valence-electron chi connectivity index (χ1n) is 12.0. The van der Waals surface area contributed by atoms with Gasteiger partial charge in [0.25, 0.3) is 0 Å². The van der Waals surface area contributed by atoms with Crippen LogP contribution < -0.4 is 23.0 Å². The van der Waals surface area contributed by atoms with Crippen molar-refractivity contribution >= 4 is 43.4 Å². The number of hydrogen-bond acceptors (Lipinski definition) is 2. The monoisotopic (exact) mass is 508 g/mol. The summed E-state index contributed by atoms with van der Waals surface area (Å²) in [7, 11) is -0.355. The van der Waals surface area contributed by atoms with Gasteiger partial charge in [-0.1, -0.05) is 0 Å². The SMILES string of the molecule is CC1(C)OB(c2cc[c]([Ge]([c]3ccccc3)([c]3ccccc3)[c]3ccccc3)cc2)OC1(C)C. The molecule has 1 aliphatic heterocycles. The summed E-state index contributed by atoms with van der Waals surface area (Å²) in [6.45, 7) is 8.40. The average molecular weight is 507 g/mol. The molecule has 4 aromatic carbocycles. The van der Waals surface area contributed by atoms with Gasteiger partial charge in [-0.25, -0.2) is 0 Å². The van der Waals surface area contributed by atoms with Crippen molar-refractivity contribution in [1.82, 2.24) is 0 Å². The molecule has 1 aliphatic rings. The van der Waals surface area contributed by atoms with Crippen LogP contribution in [0.5, 0.6) is 0 Å². The molecular weight excluding hydrogens is 476 g/mol. The standard InChI is InChI=1S/C30H31BGeO2/c1-29(2)30(3,4)34-31(33-29)24-20-22-28(23-21-24)32(25-14-8-5-9-15-25,26-16-10-6-11-17-26)27-18-12-7-13-19-27/h5-23H,1-4H3. The van der Waals surface area contributed by atoms with E-state index in [0.717, 1.165) is 5.46 Å². The Balaban J connectivity index is 1.68. The van der Waals surface area contributed by atoms with E-state index in [1.807, 2.05) is 0 Å². The van der Waals surface area contributed by atoms with E-state index in [9.17, 15) is 0 Å². The van der Waals surface area contributed by atoms with Gasteiger partial charge in [-0.05, 0) is 0 Å². The molecule has 0 bridgehead atoms. The molecule has 5 rings (SSSR count). The summed E-state index contributed by atoms with van der Waals surface area (Å²) >= 11 is -3.22. The molecule has 170 valence electrons. The quantitative estimate of drug-likeness (QED) is 0.386. The zero-order valence-corrected chi connectivity index (χ0v) is 22.5. The van der Waals surface area contributed by atoms with E-state index in [1.54, 1.807) is 0 Å². The van der Waals surface area contributed by atoms with Gasteiger partial charge in [-0.15, -0.1) is 0 Å². The van der Waals surface area contributed by atoms with Crippen molar-refractivity contribution in [3.8, 4) is 0 Å². The Morgan fingerprint density at radius 1 is 0.471 bits per heavy atom. The van der Waals surface area contributed by atoms with Gasteiger partial charge in [0, 0.05) is 0 Å². The summed E-state index contributed by atoms with van der Waals surface area (Å²) in [6.07, 6.45) is 0. The molecule has 4 heteroatoms. The van der Waals surface area contributed by atoms with Crippen LogP contribution in [0, 0.1) is 0 Å². The fourth-order valence-corrected chi connectivity index (χ4v) is 14.9. The summed E-state index contributed by atoms with van der Waals surface area (Å²) in [5.41, 5.74) is 0.361. The molecule has 0 unspecified atom stereocenters. The van der Waals surface area contributed by atoms with Gasteiger partial charge in [0.1, 0.15) is 0 Å². The zero-order valence-electron chi connectivity index (χ0n) is 20.4. The first-order chi connectivity index (χ1) is 16.3. The van der Waals surface area contributed by atoms with Crippen molar-refractivity contribution < 1.29 is 9.31 Å². The van der Waals surface area contributed by atoms with Crippen LogP contribution in [0.4, 0.5) is 0 Å².